The molecule has 1 aromatic carbocycles. The van der Waals surface area contributed by atoms with Crippen molar-refractivity contribution in [1.29, 1.82) is 0 Å². The first-order valence-corrected chi connectivity index (χ1v) is 8.02. The zero-order chi connectivity index (χ0) is 18.0. The lowest BCUT2D eigenvalue weighted by atomic mass is 10.00. The molecule has 25 heavy (non-hydrogen) atoms. The Labute approximate surface area is 145 Å². The van der Waals surface area contributed by atoms with Crippen LogP contribution in [0.2, 0.25) is 0 Å². The predicted octanol–water partition coefficient (Wildman–Crippen LogP) is 1.31. The molecule has 0 aliphatic carbocycles. The van der Waals surface area contributed by atoms with Gasteiger partial charge < -0.3 is 20.7 Å². The van der Waals surface area contributed by atoms with E-state index in [4.69, 9.17) is 0 Å². The zero-order valence-electron chi connectivity index (χ0n) is 14.5. The number of carbonyl (C=O) groups excluding carboxylic acids is 1. The number of aliphatic hydroxyl groups is 1. The summed E-state index contributed by atoms with van der Waals surface area (Å²) in [4.78, 5) is 19.6. The molecule has 1 unspecified atom stereocenters. The predicted molar refractivity (Wildman–Crippen MR) is 93.8 cm³/mol. The Morgan fingerprint density at radius 2 is 2.20 bits per heavy atom. The highest BCUT2D eigenvalue weighted by Gasteiger charge is 2.25. The van der Waals surface area contributed by atoms with Crippen molar-refractivity contribution in [3.8, 4) is 0 Å². The fourth-order valence-electron chi connectivity index (χ4n) is 2.59. The molecular formula is C17H22N6O2. The maximum Gasteiger partial charge on any atom is 0.315 e. The van der Waals surface area contributed by atoms with Crippen LogP contribution in [0.4, 0.5) is 4.79 Å². The molecule has 3 aromatic rings. The van der Waals surface area contributed by atoms with Crippen LogP contribution < -0.4 is 10.6 Å². The number of hydrogen-bond acceptors (Lipinski definition) is 4. The number of H-pyrrole nitrogens is 1. The third-order valence-electron chi connectivity index (χ3n) is 4.10. The third-order valence-corrected chi connectivity index (χ3v) is 4.10. The SMILES string of the molecule is Cc1cccc2[nH]c(CNC(=O)NCC(C)(O)c3cnn(C)c3)nc12. The lowest BCUT2D eigenvalue weighted by Crippen LogP contribution is -2.43. The van der Waals surface area contributed by atoms with Crippen LogP contribution >= 0.6 is 0 Å². The minimum absolute atomic E-state index is 0.0732. The number of nitrogens with zero attached hydrogens (tertiary/aromatic N) is 3. The number of aromatic nitrogens is 4. The monoisotopic (exact) mass is 342 g/mol. The summed E-state index contributed by atoms with van der Waals surface area (Å²) in [5.74, 6) is 0.679. The van der Waals surface area contributed by atoms with Gasteiger partial charge in [0, 0.05) is 18.8 Å². The number of hydrogen-bond donors (Lipinski definition) is 4. The first-order valence-electron chi connectivity index (χ1n) is 8.02. The van der Waals surface area contributed by atoms with Gasteiger partial charge >= 0.3 is 6.03 Å². The molecule has 1 atom stereocenters. The Morgan fingerprint density at radius 1 is 1.40 bits per heavy atom. The molecule has 2 aromatic heterocycles. The van der Waals surface area contributed by atoms with Crippen molar-refractivity contribution < 1.29 is 9.90 Å². The molecular weight excluding hydrogens is 320 g/mol. The standard InChI is InChI=1S/C17H22N6O2/c1-11-5-4-6-13-15(11)22-14(21-13)8-18-16(24)19-10-17(2,25)12-7-20-23(3)9-12/h4-7,9,25H,8,10H2,1-3H3,(H,21,22)(H2,18,19,24). The van der Waals surface area contributed by atoms with Crippen LogP contribution in [-0.4, -0.2) is 37.4 Å². The van der Waals surface area contributed by atoms with Crippen LogP contribution in [0.15, 0.2) is 30.6 Å². The van der Waals surface area contributed by atoms with Gasteiger partial charge in [-0.3, -0.25) is 4.68 Å². The second-order valence-electron chi connectivity index (χ2n) is 6.37. The number of nitrogens with one attached hydrogen (secondary N) is 3. The number of amides is 2. The molecule has 0 fully saturated rings. The van der Waals surface area contributed by atoms with Crippen LogP contribution in [0, 0.1) is 6.92 Å². The lowest BCUT2D eigenvalue weighted by molar-refractivity contribution is 0.0593. The van der Waals surface area contributed by atoms with Gasteiger partial charge in [-0.1, -0.05) is 12.1 Å². The summed E-state index contributed by atoms with van der Waals surface area (Å²) in [6, 6.07) is 5.53. The minimum atomic E-state index is -1.19. The second-order valence-corrected chi connectivity index (χ2v) is 6.37. The Morgan fingerprint density at radius 3 is 2.88 bits per heavy atom. The molecule has 0 aliphatic heterocycles. The number of imidazole rings is 1. The molecule has 0 radical (unpaired) electrons. The molecule has 4 N–H and O–H groups in total. The maximum absolute atomic E-state index is 12.0. The Bertz CT molecular complexity index is 896. The van der Waals surface area contributed by atoms with E-state index in [1.165, 1.54) is 0 Å². The van der Waals surface area contributed by atoms with E-state index >= 15 is 0 Å². The minimum Gasteiger partial charge on any atom is -0.383 e. The number of urea groups is 1. The molecule has 0 bridgehead atoms. The number of fused-ring (bicyclic) bond motifs is 1. The smallest absolute Gasteiger partial charge is 0.315 e. The van der Waals surface area contributed by atoms with Gasteiger partial charge in [0.15, 0.2) is 0 Å². The average molecular weight is 342 g/mol. The van der Waals surface area contributed by atoms with Gasteiger partial charge in [0.1, 0.15) is 11.4 Å². The zero-order valence-corrected chi connectivity index (χ0v) is 14.5. The van der Waals surface area contributed by atoms with E-state index in [0.717, 1.165) is 16.6 Å². The summed E-state index contributed by atoms with van der Waals surface area (Å²) in [6.45, 7) is 3.97. The van der Waals surface area contributed by atoms with E-state index in [0.29, 0.717) is 11.4 Å². The van der Waals surface area contributed by atoms with Gasteiger partial charge in [-0.15, -0.1) is 0 Å². The maximum atomic E-state index is 12.0. The third kappa shape index (κ3) is 3.80. The highest BCUT2D eigenvalue weighted by molar-refractivity contribution is 5.78. The quantitative estimate of drug-likeness (QED) is 0.561. The van der Waals surface area contributed by atoms with Crippen LogP contribution in [-0.2, 0) is 19.2 Å². The fourth-order valence-corrected chi connectivity index (χ4v) is 2.59. The number of para-hydroxylation sites is 1. The van der Waals surface area contributed by atoms with E-state index in [1.807, 2.05) is 25.1 Å². The van der Waals surface area contributed by atoms with Gasteiger partial charge in [0.25, 0.3) is 0 Å². The summed E-state index contributed by atoms with van der Waals surface area (Å²) >= 11 is 0. The lowest BCUT2D eigenvalue weighted by Gasteiger charge is -2.22. The Balaban J connectivity index is 1.54. The Kier molecular flexibility index (Phi) is 4.45. The molecule has 8 heteroatoms. The van der Waals surface area contributed by atoms with Crippen molar-refractivity contribution in [2.45, 2.75) is 26.0 Å². The van der Waals surface area contributed by atoms with E-state index in [2.05, 4.69) is 25.7 Å². The largest absolute Gasteiger partial charge is 0.383 e. The van der Waals surface area contributed by atoms with E-state index in [9.17, 15) is 9.90 Å². The summed E-state index contributed by atoms with van der Waals surface area (Å²) in [5, 5.41) is 19.9. The van der Waals surface area contributed by atoms with Crippen LogP contribution in [0.3, 0.4) is 0 Å². The molecule has 2 amide bonds. The van der Waals surface area contributed by atoms with Crippen LogP contribution in [0.25, 0.3) is 11.0 Å². The molecule has 0 aliphatic rings. The van der Waals surface area contributed by atoms with Crippen molar-refractivity contribution in [2.24, 2.45) is 7.05 Å². The number of carbonyl (C=O) groups is 1. The summed E-state index contributed by atoms with van der Waals surface area (Å²) in [6.07, 6.45) is 3.30. The summed E-state index contributed by atoms with van der Waals surface area (Å²) < 4.78 is 1.60. The topological polar surface area (TPSA) is 108 Å². The molecule has 2 heterocycles. The van der Waals surface area contributed by atoms with Crippen molar-refractivity contribution in [3.63, 3.8) is 0 Å². The summed E-state index contributed by atoms with van der Waals surface area (Å²) in [5.41, 5.74) is 2.37. The second kappa shape index (κ2) is 6.56. The van der Waals surface area contributed by atoms with Crippen molar-refractivity contribution in [2.75, 3.05) is 6.54 Å². The molecule has 132 valence electrons. The van der Waals surface area contributed by atoms with E-state index in [1.54, 1.807) is 31.0 Å². The van der Waals surface area contributed by atoms with E-state index in [-0.39, 0.29) is 19.1 Å². The number of benzene rings is 1. The van der Waals surface area contributed by atoms with Gasteiger partial charge in [-0.2, -0.15) is 5.10 Å². The van der Waals surface area contributed by atoms with Gasteiger partial charge in [-0.25, -0.2) is 9.78 Å². The van der Waals surface area contributed by atoms with Crippen molar-refractivity contribution >= 4 is 17.1 Å². The van der Waals surface area contributed by atoms with Crippen molar-refractivity contribution in [1.82, 2.24) is 30.4 Å². The highest BCUT2D eigenvalue weighted by Crippen LogP contribution is 2.18. The average Bonchev–Trinajstić information content (AvgIpc) is 3.18. The van der Waals surface area contributed by atoms with Gasteiger partial charge in [-0.05, 0) is 25.5 Å². The highest BCUT2D eigenvalue weighted by atomic mass is 16.3. The normalized spacial score (nSPS) is 13.6. The van der Waals surface area contributed by atoms with E-state index < -0.39 is 5.60 Å². The molecule has 3 rings (SSSR count). The number of rotatable bonds is 5. The molecule has 0 saturated carbocycles. The van der Waals surface area contributed by atoms with Crippen LogP contribution in [0.1, 0.15) is 23.9 Å². The number of aryl methyl sites for hydroxylation is 2. The summed E-state index contributed by atoms with van der Waals surface area (Å²) in [7, 11) is 1.77. The van der Waals surface area contributed by atoms with Crippen molar-refractivity contribution in [3.05, 3.63) is 47.5 Å². The Hall–Kier alpha value is -2.87. The van der Waals surface area contributed by atoms with Gasteiger partial charge in [0.05, 0.1) is 30.3 Å². The first-order chi connectivity index (χ1) is 11.8. The number of aromatic amines is 1. The fraction of sp³-hybridized carbons (Fsp3) is 0.353. The molecule has 8 nitrogen and oxygen atoms in total. The molecule has 0 saturated heterocycles. The first kappa shape index (κ1) is 17.0. The van der Waals surface area contributed by atoms with Gasteiger partial charge in [0.2, 0.25) is 0 Å². The molecule has 0 spiro atoms. The van der Waals surface area contributed by atoms with Crippen LogP contribution in [0.5, 0.6) is 0 Å².